The summed E-state index contributed by atoms with van der Waals surface area (Å²) in [4.78, 5) is 0. The Balaban J connectivity index is 1.44. The zero-order valence-electron chi connectivity index (χ0n) is 17.3. The summed E-state index contributed by atoms with van der Waals surface area (Å²) < 4.78 is 11.7. The van der Waals surface area contributed by atoms with Crippen LogP contribution >= 0.6 is 11.6 Å². The van der Waals surface area contributed by atoms with E-state index in [9.17, 15) is 20.4 Å². The second kappa shape index (κ2) is 8.50. The van der Waals surface area contributed by atoms with Crippen LogP contribution in [0.25, 0.3) is 0 Å². The van der Waals surface area contributed by atoms with Crippen molar-refractivity contribution in [2.24, 2.45) is 11.8 Å². The molecule has 1 saturated heterocycles. The first kappa shape index (κ1) is 21.4. The van der Waals surface area contributed by atoms with Crippen molar-refractivity contribution in [1.82, 2.24) is 0 Å². The van der Waals surface area contributed by atoms with Crippen LogP contribution in [-0.4, -0.2) is 58.1 Å². The van der Waals surface area contributed by atoms with Crippen LogP contribution in [0.3, 0.4) is 0 Å². The minimum Gasteiger partial charge on any atom is -0.491 e. The average molecular weight is 449 g/mol. The zero-order valence-corrected chi connectivity index (χ0v) is 18.0. The van der Waals surface area contributed by atoms with Crippen molar-refractivity contribution >= 4 is 11.6 Å². The van der Waals surface area contributed by atoms with E-state index in [1.807, 2.05) is 6.07 Å². The van der Waals surface area contributed by atoms with Gasteiger partial charge in [-0.3, -0.25) is 0 Å². The normalized spacial score (nSPS) is 34.9. The van der Waals surface area contributed by atoms with Crippen LogP contribution in [0.2, 0.25) is 5.02 Å². The van der Waals surface area contributed by atoms with E-state index in [2.05, 4.69) is 18.2 Å². The molecule has 6 atom stereocenters. The molecule has 2 fully saturated rings. The fourth-order valence-corrected chi connectivity index (χ4v) is 5.31. The van der Waals surface area contributed by atoms with Gasteiger partial charge in [-0.2, -0.15) is 0 Å². The lowest BCUT2D eigenvalue weighted by Crippen LogP contribution is -2.55. The van der Waals surface area contributed by atoms with Crippen LogP contribution in [0.4, 0.5) is 0 Å². The van der Waals surface area contributed by atoms with Gasteiger partial charge in [0.2, 0.25) is 0 Å². The van der Waals surface area contributed by atoms with Gasteiger partial charge in [-0.05, 0) is 54.2 Å². The Labute approximate surface area is 186 Å². The number of aliphatic hydroxyl groups excluding tert-OH is 4. The Morgan fingerprint density at radius 1 is 1.10 bits per heavy atom. The summed E-state index contributed by atoms with van der Waals surface area (Å²) in [6, 6.07) is 1.94. The van der Waals surface area contributed by atoms with Crippen molar-refractivity contribution in [1.29, 1.82) is 0 Å². The Morgan fingerprint density at radius 3 is 2.58 bits per heavy atom. The molecule has 2 aliphatic heterocycles. The molecule has 6 nitrogen and oxygen atoms in total. The highest BCUT2D eigenvalue weighted by molar-refractivity contribution is 6.33. The number of ether oxygens (including phenoxy) is 2. The summed E-state index contributed by atoms with van der Waals surface area (Å²) in [5, 5.41) is 41.2. The van der Waals surface area contributed by atoms with Crippen LogP contribution in [-0.2, 0) is 17.6 Å². The summed E-state index contributed by atoms with van der Waals surface area (Å²) in [5.41, 5.74) is 3.92. The first-order valence-corrected chi connectivity index (χ1v) is 11.5. The Morgan fingerprint density at radius 2 is 1.90 bits per heavy atom. The van der Waals surface area contributed by atoms with Gasteiger partial charge in [-0.15, -0.1) is 0 Å². The van der Waals surface area contributed by atoms with Gasteiger partial charge in [0.15, 0.2) is 0 Å². The van der Waals surface area contributed by atoms with Crippen LogP contribution < -0.4 is 4.74 Å². The molecule has 1 saturated carbocycles. The van der Waals surface area contributed by atoms with Gasteiger partial charge in [-0.25, -0.2) is 0 Å². The van der Waals surface area contributed by atoms with Gasteiger partial charge in [0.25, 0.3) is 0 Å². The predicted molar refractivity (Wildman–Crippen MR) is 115 cm³/mol. The number of hydrogen-bond acceptors (Lipinski definition) is 6. The first-order valence-electron chi connectivity index (χ1n) is 11.1. The summed E-state index contributed by atoms with van der Waals surface area (Å²) in [6.45, 7) is 0.0306. The van der Waals surface area contributed by atoms with Gasteiger partial charge in [-0.1, -0.05) is 35.9 Å². The van der Waals surface area contributed by atoms with Crippen molar-refractivity contribution < 1.29 is 29.9 Å². The average Bonchev–Trinajstić information content (AvgIpc) is 3.51. The Kier molecular flexibility index (Phi) is 5.88. The molecule has 0 bridgehead atoms. The second-order valence-electron chi connectivity index (χ2n) is 9.13. The summed E-state index contributed by atoms with van der Waals surface area (Å²) in [6.07, 6.45) is 5.76. The van der Waals surface area contributed by atoms with E-state index in [4.69, 9.17) is 21.1 Å². The molecular weight excluding hydrogens is 420 g/mol. The van der Waals surface area contributed by atoms with Gasteiger partial charge in [0, 0.05) is 12.0 Å². The number of halogens is 1. The minimum absolute atomic E-state index is 0.321. The fraction of sp³-hybridized carbons (Fsp3) is 0.583. The van der Waals surface area contributed by atoms with E-state index in [0.717, 1.165) is 29.9 Å². The van der Waals surface area contributed by atoms with E-state index in [-0.39, 0.29) is 0 Å². The maximum absolute atomic E-state index is 10.7. The third-order valence-electron chi connectivity index (χ3n) is 6.98. The second-order valence-corrected chi connectivity index (χ2v) is 9.51. The van der Waals surface area contributed by atoms with Gasteiger partial charge < -0.3 is 29.9 Å². The van der Waals surface area contributed by atoms with Crippen molar-refractivity contribution in [3.63, 3.8) is 0 Å². The molecule has 4 N–H and O–H groups in total. The summed E-state index contributed by atoms with van der Waals surface area (Å²) in [5.74, 6) is 1.68. The van der Waals surface area contributed by atoms with Gasteiger partial charge in [0.05, 0.1) is 18.2 Å². The molecule has 1 aromatic rings. The predicted octanol–water partition coefficient (Wildman–Crippen LogP) is 2.24. The number of allylic oxidation sites excluding steroid dienone is 4. The zero-order chi connectivity index (χ0) is 21.7. The number of aliphatic hydroxyl groups is 4. The third-order valence-corrected chi connectivity index (χ3v) is 7.39. The lowest BCUT2D eigenvalue weighted by molar-refractivity contribution is -0.231. The molecule has 31 heavy (non-hydrogen) atoms. The highest BCUT2D eigenvalue weighted by atomic mass is 35.5. The van der Waals surface area contributed by atoms with Crippen molar-refractivity contribution in [3.05, 3.63) is 51.6 Å². The first-order chi connectivity index (χ1) is 15.0. The third kappa shape index (κ3) is 3.94. The molecule has 4 aliphatic rings. The summed E-state index contributed by atoms with van der Waals surface area (Å²) in [7, 11) is 0. The molecule has 1 unspecified atom stereocenters. The highest BCUT2D eigenvalue weighted by Crippen LogP contribution is 2.45. The molecule has 2 aliphatic carbocycles. The van der Waals surface area contributed by atoms with E-state index in [1.165, 1.54) is 18.4 Å². The largest absolute Gasteiger partial charge is 0.491 e. The van der Waals surface area contributed by atoms with Crippen LogP contribution in [0, 0.1) is 11.8 Å². The Hall–Kier alpha value is -1.41. The topological polar surface area (TPSA) is 99.4 Å². The molecule has 0 amide bonds. The quantitative estimate of drug-likeness (QED) is 0.551. The van der Waals surface area contributed by atoms with E-state index in [1.54, 1.807) is 0 Å². The lowest BCUT2D eigenvalue weighted by atomic mass is 9.85. The SMILES string of the molecule is OC[C@H]1O[C@@H](c2cc(CC3C=CC(C4CC4)=CC3)c(Cl)c3c2CCO3)[C@H](O)[C@@H](O)[C@@H]1O. The Bertz CT molecular complexity index is 906. The lowest BCUT2D eigenvalue weighted by Gasteiger charge is -2.41. The van der Waals surface area contributed by atoms with E-state index in [0.29, 0.717) is 35.3 Å². The van der Waals surface area contributed by atoms with E-state index >= 15 is 0 Å². The van der Waals surface area contributed by atoms with Gasteiger partial charge >= 0.3 is 0 Å². The molecule has 0 aromatic heterocycles. The van der Waals surface area contributed by atoms with Crippen LogP contribution in [0.1, 0.15) is 42.1 Å². The number of rotatable bonds is 5. The van der Waals surface area contributed by atoms with Gasteiger partial charge in [0.1, 0.15) is 36.3 Å². The maximum Gasteiger partial charge on any atom is 0.141 e. The molecule has 1 aromatic carbocycles. The number of fused-ring (bicyclic) bond motifs is 1. The number of benzene rings is 1. The maximum atomic E-state index is 10.7. The highest BCUT2D eigenvalue weighted by Gasteiger charge is 2.45. The molecule has 0 spiro atoms. The molecule has 7 heteroatoms. The molecular formula is C24H29ClO6. The standard InChI is InChI=1S/C24H29ClO6/c25-19-15(9-12-1-3-13(4-2-12)14-5-6-14)10-17(16-7-8-30-23(16)19)24-22(29)21(28)20(27)18(11-26)31-24/h1,3-4,10,12,14,18,20-22,24,26-29H,2,5-9,11H2/t12?,18-,20-,21+,22-,24+/m1/s1. The van der Waals surface area contributed by atoms with Crippen molar-refractivity contribution in [2.75, 3.05) is 13.2 Å². The molecule has 5 rings (SSSR count). The minimum atomic E-state index is -1.42. The molecule has 2 heterocycles. The monoisotopic (exact) mass is 448 g/mol. The number of hydrogen-bond donors (Lipinski definition) is 4. The molecule has 168 valence electrons. The van der Waals surface area contributed by atoms with Crippen molar-refractivity contribution in [3.8, 4) is 5.75 Å². The summed E-state index contributed by atoms with van der Waals surface area (Å²) >= 11 is 6.72. The molecule has 0 radical (unpaired) electrons. The van der Waals surface area contributed by atoms with Crippen molar-refractivity contribution in [2.45, 2.75) is 62.6 Å². The van der Waals surface area contributed by atoms with Crippen LogP contribution in [0.15, 0.2) is 29.9 Å². The van der Waals surface area contributed by atoms with Crippen LogP contribution in [0.5, 0.6) is 5.75 Å². The smallest absolute Gasteiger partial charge is 0.141 e. The van der Waals surface area contributed by atoms with E-state index < -0.39 is 37.1 Å². The fourth-order valence-electron chi connectivity index (χ4n) is 5.01.